The highest BCUT2D eigenvalue weighted by Gasteiger charge is 2.39. The number of aromatic nitrogens is 3. The second-order valence-electron chi connectivity index (χ2n) is 5.54. The summed E-state index contributed by atoms with van der Waals surface area (Å²) in [5.41, 5.74) is 0.389. The summed E-state index contributed by atoms with van der Waals surface area (Å²) in [6.45, 7) is 7.55. The van der Waals surface area contributed by atoms with Crippen LogP contribution in [0.3, 0.4) is 0 Å². The highest BCUT2D eigenvalue weighted by Crippen LogP contribution is 2.32. The molecule has 0 unspecified atom stereocenters. The van der Waals surface area contributed by atoms with Crippen LogP contribution in [0.2, 0.25) is 0 Å². The molecule has 0 aliphatic carbocycles. The van der Waals surface area contributed by atoms with E-state index < -0.39 is 0 Å². The number of ether oxygens (including phenoxy) is 2. The second-order valence-corrected chi connectivity index (χ2v) is 5.54. The molecule has 1 aliphatic rings. The van der Waals surface area contributed by atoms with Crippen molar-refractivity contribution in [2.45, 2.75) is 38.8 Å². The quantitative estimate of drug-likeness (QED) is 0.617. The molecule has 0 spiro atoms. The van der Waals surface area contributed by atoms with Crippen molar-refractivity contribution in [1.29, 1.82) is 0 Å². The van der Waals surface area contributed by atoms with Gasteiger partial charge in [-0.05, 0) is 6.92 Å². The Morgan fingerprint density at radius 2 is 2.22 bits per heavy atom. The molecule has 1 fully saturated rings. The van der Waals surface area contributed by atoms with E-state index in [4.69, 9.17) is 9.47 Å². The van der Waals surface area contributed by atoms with Gasteiger partial charge in [0.25, 0.3) is 0 Å². The van der Waals surface area contributed by atoms with E-state index in [9.17, 15) is 9.59 Å². The van der Waals surface area contributed by atoms with Crippen molar-refractivity contribution in [2.75, 3.05) is 20.3 Å². The zero-order chi connectivity index (χ0) is 17.0. The molecule has 1 aliphatic heterocycles. The maximum atomic E-state index is 12.6. The van der Waals surface area contributed by atoms with Crippen LogP contribution in [0.1, 0.15) is 37.5 Å². The first-order chi connectivity index (χ1) is 10.9. The number of amides is 1. The summed E-state index contributed by atoms with van der Waals surface area (Å²) in [6.07, 6.45) is 0.868. The van der Waals surface area contributed by atoms with Gasteiger partial charge in [-0.1, -0.05) is 6.58 Å². The van der Waals surface area contributed by atoms with E-state index in [2.05, 4.69) is 21.8 Å². The summed E-state index contributed by atoms with van der Waals surface area (Å²) < 4.78 is 10.2. The van der Waals surface area contributed by atoms with Crippen LogP contribution in [0.25, 0.3) is 0 Å². The number of hydrogen-bond acceptors (Lipinski definition) is 6. The van der Waals surface area contributed by atoms with Gasteiger partial charge in [0.15, 0.2) is 5.82 Å². The Morgan fingerprint density at radius 1 is 1.48 bits per heavy atom. The number of nitrogens with zero attached hydrogens (tertiary/aromatic N) is 3. The first-order valence-electron chi connectivity index (χ1n) is 7.46. The largest absolute Gasteiger partial charge is 0.466 e. The fraction of sp³-hybridized carbons (Fsp3) is 0.600. The number of methoxy groups -OCH3 is 1. The number of likely N-dealkylation sites (tertiary alicyclic amines) is 1. The van der Waals surface area contributed by atoms with Gasteiger partial charge < -0.3 is 14.4 Å². The molecule has 1 aromatic heterocycles. The maximum absolute atomic E-state index is 12.6. The van der Waals surface area contributed by atoms with E-state index in [0.29, 0.717) is 36.6 Å². The number of nitrogens with one attached hydrogen (secondary N) is 1. The Morgan fingerprint density at radius 3 is 2.78 bits per heavy atom. The average molecular weight is 322 g/mol. The Hall–Kier alpha value is -2.22. The second kappa shape index (κ2) is 7.36. The number of carbonyl (C=O) groups is 2. The fourth-order valence-electron chi connectivity index (χ4n) is 2.57. The zero-order valence-corrected chi connectivity index (χ0v) is 13.7. The van der Waals surface area contributed by atoms with Crippen LogP contribution in [0.4, 0.5) is 0 Å². The number of rotatable bonds is 6. The molecule has 8 nitrogen and oxygen atoms in total. The molecule has 1 amide bonds. The summed E-state index contributed by atoms with van der Waals surface area (Å²) in [7, 11) is 1.62. The van der Waals surface area contributed by atoms with Crippen LogP contribution in [0, 0.1) is 6.92 Å². The number of esters is 1. The molecule has 0 bridgehead atoms. The van der Waals surface area contributed by atoms with Gasteiger partial charge in [-0.25, -0.2) is 4.98 Å². The van der Waals surface area contributed by atoms with E-state index in [0.717, 1.165) is 0 Å². The van der Waals surface area contributed by atoms with Crippen LogP contribution in [0.5, 0.6) is 0 Å². The number of carbonyl (C=O) groups excluding carboxylic acids is 2. The van der Waals surface area contributed by atoms with Crippen LogP contribution in [-0.4, -0.2) is 58.3 Å². The monoisotopic (exact) mass is 322 g/mol. The first-order valence-corrected chi connectivity index (χ1v) is 7.46. The molecule has 0 aromatic carbocycles. The highest BCUT2D eigenvalue weighted by molar-refractivity contribution is 5.93. The summed E-state index contributed by atoms with van der Waals surface area (Å²) in [4.78, 5) is 29.4. The van der Waals surface area contributed by atoms with Crippen LogP contribution >= 0.6 is 0 Å². The predicted molar refractivity (Wildman–Crippen MR) is 81.4 cm³/mol. The lowest BCUT2D eigenvalue weighted by Crippen LogP contribution is -2.33. The maximum Gasteiger partial charge on any atom is 0.302 e. The summed E-state index contributed by atoms with van der Waals surface area (Å²) in [5, 5.41) is 6.95. The van der Waals surface area contributed by atoms with Gasteiger partial charge in [-0.3, -0.25) is 14.7 Å². The lowest BCUT2D eigenvalue weighted by atomic mass is 10.1. The van der Waals surface area contributed by atoms with Gasteiger partial charge in [0.2, 0.25) is 5.91 Å². The van der Waals surface area contributed by atoms with Gasteiger partial charge in [0.05, 0.1) is 18.8 Å². The zero-order valence-electron chi connectivity index (χ0n) is 13.7. The molecule has 0 saturated carbocycles. The summed E-state index contributed by atoms with van der Waals surface area (Å²) >= 11 is 0. The molecule has 126 valence electrons. The fourth-order valence-corrected chi connectivity index (χ4v) is 2.57. The van der Waals surface area contributed by atoms with Crippen molar-refractivity contribution in [1.82, 2.24) is 20.1 Å². The molecule has 1 aromatic rings. The molecule has 23 heavy (non-hydrogen) atoms. The minimum atomic E-state index is -0.375. The first kappa shape index (κ1) is 17.1. The Balaban J connectivity index is 2.06. The summed E-state index contributed by atoms with van der Waals surface area (Å²) in [6, 6.07) is -0.247. The minimum Gasteiger partial charge on any atom is -0.466 e. The van der Waals surface area contributed by atoms with Gasteiger partial charge in [-0.15, -0.1) is 0 Å². The lowest BCUT2D eigenvalue weighted by molar-refractivity contribution is -0.141. The highest BCUT2D eigenvalue weighted by atomic mass is 16.5. The molecule has 8 heteroatoms. The van der Waals surface area contributed by atoms with E-state index in [-0.39, 0.29) is 30.6 Å². The lowest BCUT2D eigenvalue weighted by Gasteiger charge is -2.23. The third-order valence-electron chi connectivity index (χ3n) is 3.78. The van der Waals surface area contributed by atoms with E-state index in [1.807, 2.05) is 6.92 Å². The van der Waals surface area contributed by atoms with Crippen LogP contribution in [-0.2, 0) is 19.1 Å². The van der Waals surface area contributed by atoms with Gasteiger partial charge in [0, 0.05) is 39.0 Å². The van der Waals surface area contributed by atoms with Crippen molar-refractivity contribution in [3.63, 3.8) is 0 Å². The topological polar surface area (TPSA) is 97.4 Å². The van der Waals surface area contributed by atoms with Crippen molar-refractivity contribution in [3.05, 3.63) is 23.8 Å². The molecule has 1 saturated heterocycles. The van der Waals surface area contributed by atoms with E-state index in [1.54, 1.807) is 12.0 Å². The van der Waals surface area contributed by atoms with Crippen LogP contribution < -0.4 is 0 Å². The third kappa shape index (κ3) is 4.16. The van der Waals surface area contributed by atoms with Crippen molar-refractivity contribution in [3.8, 4) is 0 Å². The molecule has 2 atom stereocenters. The van der Waals surface area contributed by atoms with E-state index >= 15 is 0 Å². The standard InChI is InChI=1S/C15H22N4O4/c1-9(5-6-23-11(3)20)15(21)19-8-12(22-4)7-13(19)14-16-10(2)17-18-14/h12-13H,1,5-8H2,2-4H3,(H,16,17,18)/t12-,13+/m1/s1. The Labute approximate surface area is 134 Å². The molecule has 2 heterocycles. The predicted octanol–water partition coefficient (Wildman–Crippen LogP) is 0.911. The third-order valence-corrected chi connectivity index (χ3v) is 3.78. The average Bonchev–Trinajstić information content (AvgIpc) is 3.11. The van der Waals surface area contributed by atoms with Gasteiger partial charge in [0.1, 0.15) is 5.82 Å². The number of H-pyrrole nitrogens is 1. The Kier molecular flexibility index (Phi) is 5.49. The minimum absolute atomic E-state index is 0.0657. The molecule has 2 rings (SSSR count). The van der Waals surface area contributed by atoms with E-state index in [1.165, 1.54) is 6.92 Å². The Bertz CT molecular complexity index is 598. The molecular formula is C15H22N4O4. The van der Waals surface area contributed by atoms with Crippen molar-refractivity contribution in [2.24, 2.45) is 0 Å². The molecule has 0 radical (unpaired) electrons. The molecule has 1 N–H and O–H groups in total. The van der Waals surface area contributed by atoms with Crippen LogP contribution in [0.15, 0.2) is 12.2 Å². The SMILES string of the molecule is C=C(CCOC(C)=O)C(=O)N1C[C@H](OC)C[C@H]1c1n[nH]c(C)n1. The normalized spacial score (nSPS) is 20.6. The van der Waals surface area contributed by atoms with Crippen molar-refractivity contribution >= 4 is 11.9 Å². The number of aryl methyl sites for hydroxylation is 1. The van der Waals surface area contributed by atoms with Crippen molar-refractivity contribution < 1.29 is 19.1 Å². The summed E-state index contributed by atoms with van der Waals surface area (Å²) in [5.74, 6) is 0.703. The smallest absolute Gasteiger partial charge is 0.302 e. The van der Waals surface area contributed by atoms with Gasteiger partial charge in [-0.2, -0.15) is 5.10 Å². The number of aromatic amines is 1. The number of hydrogen-bond donors (Lipinski definition) is 1. The van der Waals surface area contributed by atoms with Gasteiger partial charge >= 0.3 is 5.97 Å². The molecular weight excluding hydrogens is 300 g/mol.